The molecule has 0 unspecified atom stereocenters. The number of aromatic nitrogens is 1. The lowest BCUT2D eigenvalue weighted by atomic mass is 10.2. The Morgan fingerprint density at radius 3 is 2.62 bits per heavy atom. The number of benzene rings is 1. The Kier molecular flexibility index (Phi) is 4.13. The van der Waals surface area contributed by atoms with Gasteiger partial charge in [0.25, 0.3) is 0 Å². The number of aryl methyl sites for hydroxylation is 1. The third-order valence-electron chi connectivity index (χ3n) is 2.59. The van der Waals surface area contributed by atoms with E-state index in [1.165, 1.54) is 6.20 Å². The minimum Gasteiger partial charge on any atom is -0.478 e. The number of anilines is 2. The summed E-state index contributed by atoms with van der Waals surface area (Å²) < 4.78 is 13.5. The second kappa shape index (κ2) is 6.00. The number of aromatic carboxylic acids is 1. The van der Waals surface area contributed by atoms with E-state index in [4.69, 9.17) is 5.11 Å². The average Bonchev–Trinajstić information content (AvgIpc) is 2.41. The van der Waals surface area contributed by atoms with E-state index in [1.54, 1.807) is 12.3 Å². The molecule has 0 saturated carbocycles. The number of carboxylic acid groups (broad SMARTS) is 1. The molecular formula is C14H12FN3O3. The fraction of sp³-hybridized carbons (Fsp3) is 0.0714. The van der Waals surface area contributed by atoms with Gasteiger partial charge < -0.3 is 15.7 Å². The number of carbonyl (C=O) groups is 2. The van der Waals surface area contributed by atoms with Crippen LogP contribution in [0.2, 0.25) is 0 Å². The summed E-state index contributed by atoms with van der Waals surface area (Å²) in [7, 11) is 0. The van der Waals surface area contributed by atoms with Crippen LogP contribution in [-0.4, -0.2) is 22.1 Å². The van der Waals surface area contributed by atoms with Crippen LogP contribution in [0.25, 0.3) is 0 Å². The summed E-state index contributed by atoms with van der Waals surface area (Å²) >= 11 is 0. The Balaban J connectivity index is 2.12. The minimum absolute atomic E-state index is 0.121. The summed E-state index contributed by atoms with van der Waals surface area (Å²) in [6.07, 6.45) is 3.07. The van der Waals surface area contributed by atoms with Gasteiger partial charge in [0.2, 0.25) is 0 Å². The maximum atomic E-state index is 13.5. The van der Waals surface area contributed by atoms with Crippen molar-refractivity contribution in [2.24, 2.45) is 0 Å². The normalized spacial score (nSPS) is 10.0. The minimum atomic E-state index is -1.21. The summed E-state index contributed by atoms with van der Waals surface area (Å²) in [5, 5.41) is 13.6. The second-order valence-corrected chi connectivity index (χ2v) is 4.33. The number of carbonyl (C=O) groups excluding carboxylic acids is 1. The maximum absolute atomic E-state index is 13.5. The summed E-state index contributed by atoms with van der Waals surface area (Å²) in [4.78, 5) is 26.5. The highest BCUT2D eigenvalue weighted by Gasteiger charge is 2.11. The van der Waals surface area contributed by atoms with Crippen molar-refractivity contribution in [1.82, 2.24) is 4.98 Å². The molecule has 1 aromatic heterocycles. The summed E-state index contributed by atoms with van der Waals surface area (Å²) in [6.45, 7) is 1.81. The van der Waals surface area contributed by atoms with Crippen LogP contribution in [0, 0.1) is 12.7 Å². The van der Waals surface area contributed by atoms with Crippen LogP contribution in [0.5, 0.6) is 0 Å². The molecule has 0 bridgehead atoms. The zero-order valence-electron chi connectivity index (χ0n) is 11.1. The molecule has 21 heavy (non-hydrogen) atoms. The van der Waals surface area contributed by atoms with E-state index < -0.39 is 17.8 Å². The molecule has 0 radical (unpaired) electrons. The van der Waals surface area contributed by atoms with Gasteiger partial charge in [0.05, 0.1) is 23.1 Å². The molecule has 2 rings (SSSR count). The molecule has 0 saturated heterocycles. The van der Waals surface area contributed by atoms with Crippen molar-refractivity contribution in [3.8, 4) is 0 Å². The molecule has 108 valence electrons. The van der Waals surface area contributed by atoms with Crippen LogP contribution in [0.3, 0.4) is 0 Å². The van der Waals surface area contributed by atoms with E-state index >= 15 is 0 Å². The van der Waals surface area contributed by atoms with Crippen LogP contribution in [0.1, 0.15) is 15.9 Å². The third kappa shape index (κ3) is 3.75. The van der Waals surface area contributed by atoms with Gasteiger partial charge in [-0.25, -0.2) is 14.0 Å². The molecule has 7 heteroatoms. The van der Waals surface area contributed by atoms with Gasteiger partial charge in [0.1, 0.15) is 5.82 Å². The zero-order valence-corrected chi connectivity index (χ0v) is 11.1. The van der Waals surface area contributed by atoms with Crippen molar-refractivity contribution in [3.05, 3.63) is 53.6 Å². The molecule has 0 fully saturated rings. The highest BCUT2D eigenvalue weighted by atomic mass is 19.1. The zero-order chi connectivity index (χ0) is 15.4. The molecule has 2 amide bonds. The van der Waals surface area contributed by atoms with Gasteiger partial charge in [-0.2, -0.15) is 0 Å². The largest absolute Gasteiger partial charge is 0.478 e. The standard InChI is InChI=1S/C14H12FN3O3/c1-8-4-10(7-16-6-8)17-14(21)18-12-5-9(13(19)20)2-3-11(12)15/h2-7H,1H3,(H,19,20)(H2,17,18,21). The van der Waals surface area contributed by atoms with Crippen LogP contribution in [0.4, 0.5) is 20.6 Å². The number of urea groups is 1. The average molecular weight is 289 g/mol. The van der Waals surface area contributed by atoms with Crippen LogP contribution in [0.15, 0.2) is 36.7 Å². The van der Waals surface area contributed by atoms with Crippen LogP contribution >= 0.6 is 0 Å². The van der Waals surface area contributed by atoms with Crippen molar-refractivity contribution in [3.63, 3.8) is 0 Å². The summed E-state index contributed by atoms with van der Waals surface area (Å²) in [5.41, 5.74) is 0.964. The lowest BCUT2D eigenvalue weighted by Gasteiger charge is -2.09. The maximum Gasteiger partial charge on any atom is 0.335 e. The predicted molar refractivity (Wildman–Crippen MR) is 75.0 cm³/mol. The lowest BCUT2D eigenvalue weighted by Crippen LogP contribution is -2.20. The van der Waals surface area contributed by atoms with Gasteiger partial charge in [0.15, 0.2) is 0 Å². The van der Waals surface area contributed by atoms with Gasteiger partial charge in [0, 0.05) is 6.20 Å². The highest BCUT2D eigenvalue weighted by molar-refractivity contribution is 6.00. The van der Waals surface area contributed by atoms with Crippen molar-refractivity contribution in [2.75, 3.05) is 10.6 Å². The van der Waals surface area contributed by atoms with Crippen LogP contribution in [-0.2, 0) is 0 Å². The van der Waals surface area contributed by atoms with E-state index in [1.807, 2.05) is 6.92 Å². The Labute approximate surface area is 119 Å². The smallest absolute Gasteiger partial charge is 0.335 e. The molecule has 1 aromatic carbocycles. The number of hydrogen-bond donors (Lipinski definition) is 3. The number of carboxylic acids is 1. The van der Waals surface area contributed by atoms with Gasteiger partial charge in [-0.05, 0) is 36.8 Å². The first kappa shape index (κ1) is 14.4. The highest BCUT2D eigenvalue weighted by Crippen LogP contribution is 2.17. The fourth-order valence-corrected chi connectivity index (χ4v) is 1.66. The van der Waals surface area contributed by atoms with E-state index in [2.05, 4.69) is 15.6 Å². The first-order valence-corrected chi connectivity index (χ1v) is 5.98. The number of amides is 2. The quantitative estimate of drug-likeness (QED) is 0.810. The number of pyridine rings is 1. The third-order valence-corrected chi connectivity index (χ3v) is 2.59. The Bertz CT molecular complexity index is 704. The Morgan fingerprint density at radius 1 is 1.19 bits per heavy atom. The fourth-order valence-electron chi connectivity index (χ4n) is 1.66. The molecule has 6 nitrogen and oxygen atoms in total. The van der Waals surface area contributed by atoms with E-state index in [-0.39, 0.29) is 11.3 Å². The van der Waals surface area contributed by atoms with Gasteiger partial charge in [-0.3, -0.25) is 4.98 Å². The topological polar surface area (TPSA) is 91.3 Å². The Morgan fingerprint density at radius 2 is 1.95 bits per heavy atom. The molecule has 0 aliphatic heterocycles. The molecule has 3 N–H and O–H groups in total. The van der Waals surface area contributed by atoms with Gasteiger partial charge >= 0.3 is 12.0 Å². The van der Waals surface area contributed by atoms with Crippen molar-refractivity contribution >= 4 is 23.4 Å². The second-order valence-electron chi connectivity index (χ2n) is 4.33. The predicted octanol–water partition coefficient (Wildman–Crippen LogP) is 2.87. The number of rotatable bonds is 3. The molecule has 0 aliphatic rings. The van der Waals surface area contributed by atoms with Gasteiger partial charge in [-0.1, -0.05) is 0 Å². The van der Waals surface area contributed by atoms with E-state index in [0.717, 1.165) is 23.8 Å². The first-order valence-electron chi connectivity index (χ1n) is 5.98. The lowest BCUT2D eigenvalue weighted by molar-refractivity contribution is 0.0697. The summed E-state index contributed by atoms with van der Waals surface area (Å²) in [5.74, 6) is -1.93. The molecule has 0 aliphatic carbocycles. The van der Waals surface area contributed by atoms with E-state index in [9.17, 15) is 14.0 Å². The van der Waals surface area contributed by atoms with Crippen molar-refractivity contribution in [2.45, 2.75) is 6.92 Å². The number of nitrogens with zero attached hydrogens (tertiary/aromatic N) is 1. The number of halogens is 1. The SMILES string of the molecule is Cc1cncc(NC(=O)Nc2cc(C(=O)O)ccc2F)c1. The molecular weight excluding hydrogens is 277 g/mol. The Hall–Kier alpha value is -2.96. The van der Waals surface area contributed by atoms with Crippen molar-refractivity contribution < 1.29 is 19.1 Å². The molecule has 0 spiro atoms. The monoisotopic (exact) mass is 289 g/mol. The van der Waals surface area contributed by atoms with Gasteiger partial charge in [-0.15, -0.1) is 0 Å². The van der Waals surface area contributed by atoms with E-state index in [0.29, 0.717) is 5.69 Å². The summed E-state index contributed by atoms with van der Waals surface area (Å²) in [6, 6.07) is 4.14. The number of hydrogen-bond acceptors (Lipinski definition) is 3. The number of nitrogens with one attached hydrogen (secondary N) is 2. The molecule has 0 atom stereocenters. The molecule has 2 aromatic rings. The first-order chi connectivity index (χ1) is 9.95. The molecule has 1 heterocycles. The van der Waals surface area contributed by atoms with Crippen molar-refractivity contribution in [1.29, 1.82) is 0 Å². The van der Waals surface area contributed by atoms with Crippen LogP contribution < -0.4 is 10.6 Å².